The highest BCUT2D eigenvalue weighted by atomic mass is 32.2. The molecule has 0 spiro atoms. The van der Waals surface area contributed by atoms with E-state index >= 15 is 0 Å². The van der Waals surface area contributed by atoms with Crippen LogP contribution in [0.3, 0.4) is 0 Å². The number of ether oxygens (including phenoxy) is 1. The molecule has 0 rings (SSSR count). The van der Waals surface area contributed by atoms with E-state index < -0.39 is 47.6 Å². The molecule has 2 N–H and O–H groups in total. The number of carboxylic acids is 1. The van der Waals surface area contributed by atoms with Gasteiger partial charge in [0.2, 0.25) is 6.17 Å². The Labute approximate surface area is 104 Å². The highest BCUT2D eigenvalue weighted by Crippen LogP contribution is 2.32. The summed E-state index contributed by atoms with van der Waals surface area (Å²) < 4.78 is 49.8. The Kier molecular flexibility index (Phi) is 6.29. The van der Waals surface area contributed by atoms with E-state index in [1.54, 1.807) is 5.92 Å². The first kappa shape index (κ1) is 16.3. The summed E-state index contributed by atoms with van der Waals surface area (Å²) in [6.07, 6.45) is 2.27. The number of carbonyl (C=O) groups is 2. The van der Waals surface area contributed by atoms with Crippen LogP contribution in [0.1, 0.15) is 0 Å². The van der Waals surface area contributed by atoms with Crippen molar-refractivity contribution in [2.75, 3.05) is 6.61 Å². The number of halogens is 3. The molecule has 0 saturated carbocycles. The van der Waals surface area contributed by atoms with Crippen LogP contribution in [0.25, 0.3) is 0 Å². The smallest absolute Gasteiger partial charge is 0.351 e. The summed E-state index contributed by atoms with van der Waals surface area (Å²) in [5.74, 6) is -1.56. The largest absolute Gasteiger partial charge is 0.477 e. The zero-order valence-electron chi connectivity index (χ0n) is 8.60. The number of aliphatic carboxylic acids is 1. The van der Waals surface area contributed by atoms with E-state index in [2.05, 4.69) is 4.74 Å². The molecule has 100 valence electrons. The lowest BCUT2D eigenvalue weighted by Crippen LogP contribution is -2.32. The third-order valence-corrected chi connectivity index (χ3v) is 2.02. The molecule has 0 aliphatic carbocycles. The van der Waals surface area contributed by atoms with Crippen molar-refractivity contribution >= 4 is 24.0 Å². The number of terminal acetylenes is 1. The standard InChI is InChI=1S/C9H7F3O5S/c1-2-3-5(7(13)14)8(15)17-4-6(10)9(11,12)18-16/h1,3,6,16H,4H2,(H,13,14)/b5-3-. The van der Waals surface area contributed by atoms with Crippen molar-refractivity contribution in [1.29, 1.82) is 0 Å². The molecule has 0 bridgehead atoms. The lowest BCUT2D eigenvalue weighted by Gasteiger charge is -2.16. The molecule has 1 unspecified atom stereocenters. The van der Waals surface area contributed by atoms with E-state index in [0.29, 0.717) is 6.08 Å². The first-order valence-corrected chi connectivity index (χ1v) is 4.94. The molecule has 0 aromatic carbocycles. The molecular formula is C9H7F3O5S. The zero-order valence-corrected chi connectivity index (χ0v) is 9.42. The van der Waals surface area contributed by atoms with Crippen LogP contribution in [0, 0.1) is 12.3 Å². The van der Waals surface area contributed by atoms with Gasteiger partial charge in [0.1, 0.15) is 6.61 Å². The molecule has 18 heavy (non-hydrogen) atoms. The highest BCUT2D eigenvalue weighted by Gasteiger charge is 2.42. The summed E-state index contributed by atoms with van der Waals surface area (Å²) in [5.41, 5.74) is -0.996. The molecule has 5 nitrogen and oxygen atoms in total. The van der Waals surface area contributed by atoms with Crippen molar-refractivity contribution in [2.24, 2.45) is 0 Å². The van der Waals surface area contributed by atoms with Gasteiger partial charge in [0.15, 0.2) is 5.57 Å². The first-order valence-electron chi connectivity index (χ1n) is 4.17. The van der Waals surface area contributed by atoms with Crippen molar-refractivity contribution < 1.29 is 37.2 Å². The monoisotopic (exact) mass is 284 g/mol. The SMILES string of the molecule is C#C/C=C(/C(=O)O)C(=O)OCC(F)C(F)(F)SO. The second kappa shape index (κ2) is 6.93. The zero-order chi connectivity index (χ0) is 14.3. The topological polar surface area (TPSA) is 83.8 Å². The van der Waals surface area contributed by atoms with Gasteiger partial charge in [0.25, 0.3) is 0 Å². The molecule has 0 aromatic heterocycles. The number of hydrogen-bond donors (Lipinski definition) is 2. The second-order valence-electron chi connectivity index (χ2n) is 2.75. The molecule has 0 aliphatic heterocycles. The van der Waals surface area contributed by atoms with Gasteiger partial charge in [-0.15, -0.1) is 6.42 Å². The van der Waals surface area contributed by atoms with Crippen molar-refractivity contribution in [3.63, 3.8) is 0 Å². The molecular weight excluding hydrogens is 277 g/mol. The molecule has 0 radical (unpaired) electrons. The third-order valence-electron chi connectivity index (χ3n) is 1.53. The van der Waals surface area contributed by atoms with E-state index in [1.165, 1.54) is 0 Å². The highest BCUT2D eigenvalue weighted by molar-refractivity contribution is 7.94. The Morgan fingerprint density at radius 2 is 2.11 bits per heavy atom. The fourth-order valence-electron chi connectivity index (χ4n) is 0.672. The maximum absolute atomic E-state index is 12.8. The number of carbonyl (C=O) groups excluding carboxylic acids is 1. The van der Waals surface area contributed by atoms with Gasteiger partial charge in [-0.1, -0.05) is 5.92 Å². The Hall–Kier alpha value is -1.66. The first-order chi connectivity index (χ1) is 8.26. The van der Waals surface area contributed by atoms with Crippen molar-refractivity contribution in [1.82, 2.24) is 0 Å². The summed E-state index contributed by atoms with van der Waals surface area (Å²) >= 11 is -1.05. The quantitative estimate of drug-likeness (QED) is 0.191. The van der Waals surface area contributed by atoms with Gasteiger partial charge < -0.3 is 14.4 Å². The summed E-state index contributed by atoms with van der Waals surface area (Å²) in [6.45, 7) is -1.42. The summed E-state index contributed by atoms with van der Waals surface area (Å²) in [4.78, 5) is 21.5. The lowest BCUT2D eigenvalue weighted by atomic mass is 10.2. The Bertz CT molecular complexity index is 401. The van der Waals surface area contributed by atoms with Gasteiger partial charge in [-0.3, -0.25) is 0 Å². The summed E-state index contributed by atoms with van der Waals surface area (Å²) in [6, 6.07) is 0. The Morgan fingerprint density at radius 1 is 1.56 bits per heavy atom. The van der Waals surface area contributed by atoms with Crippen molar-refractivity contribution in [2.45, 2.75) is 11.4 Å². The van der Waals surface area contributed by atoms with E-state index in [4.69, 9.17) is 16.1 Å². The summed E-state index contributed by atoms with van der Waals surface area (Å²) in [5, 5.41) is 4.33. The van der Waals surface area contributed by atoms with Crippen molar-refractivity contribution in [3.05, 3.63) is 11.6 Å². The molecule has 0 heterocycles. The normalized spacial score (nSPS) is 13.6. The second-order valence-corrected chi connectivity index (χ2v) is 3.48. The van der Waals surface area contributed by atoms with Crippen LogP contribution < -0.4 is 0 Å². The molecule has 0 amide bonds. The number of esters is 1. The van der Waals surface area contributed by atoms with Gasteiger partial charge in [-0.05, 0) is 0 Å². The minimum Gasteiger partial charge on any atom is -0.477 e. The van der Waals surface area contributed by atoms with Gasteiger partial charge in [-0.25, -0.2) is 14.0 Å². The predicted octanol–water partition coefficient (Wildman–Crippen LogP) is 1.31. The molecule has 0 aromatic rings. The molecule has 0 aliphatic rings. The van der Waals surface area contributed by atoms with Crippen LogP contribution in [0.5, 0.6) is 0 Å². The minimum atomic E-state index is -4.17. The fraction of sp³-hybridized carbons (Fsp3) is 0.333. The van der Waals surface area contributed by atoms with Crippen molar-refractivity contribution in [3.8, 4) is 12.3 Å². The minimum absolute atomic E-state index is 0.539. The van der Waals surface area contributed by atoms with E-state index in [0.717, 1.165) is 0 Å². The Balaban J connectivity index is 4.57. The summed E-state index contributed by atoms with van der Waals surface area (Å²) in [7, 11) is 0. The van der Waals surface area contributed by atoms with Gasteiger partial charge >= 0.3 is 17.2 Å². The predicted molar refractivity (Wildman–Crippen MR) is 55.6 cm³/mol. The Morgan fingerprint density at radius 3 is 2.50 bits per heavy atom. The maximum Gasteiger partial charge on any atom is 0.351 e. The average molecular weight is 284 g/mol. The van der Waals surface area contributed by atoms with Gasteiger partial charge in [0, 0.05) is 6.08 Å². The van der Waals surface area contributed by atoms with Gasteiger partial charge in [0.05, 0.1) is 12.0 Å². The molecule has 1 atom stereocenters. The molecule has 9 heteroatoms. The van der Waals surface area contributed by atoms with Crippen LogP contribution in [0.4, 0.5) is 13.2 Å². The number of alkyl halides is 3. The maximum atomic E-state index is 12.8. The lowest BCUT2D eigenvalue weighted by molar-refractivity contribution is -0.147. The average Bonchev–Trinajstić information content (AvgIpc) is 2.31. The molecule has 0 saturated heterocycles. The molecule has 0 fully saturated rings. The van der Waals surface area contributed by atoms with E-state index in [-0.39, 0.29) is 0 Å². The number of carboxylic acid groups (broad SMARTS) is 1. The fourth-order valence-corrected chi connectivity index (χ4v) is 0.855. The third kappa shape index (κ3) is 4.68. The van der Waals surface area contributed by atoms with Crippen LogP contribution in [-0.4, -0.2) is 39.6 Å². The van der Waals surface area contributed by atoms with E-state index in [1.807, 2.05) is 0 Å². The van der Waals surface area contributed by atoms with Crippen LogP contribution in [0.15, 0.2) is 11.6 Å². The van der Waals surface area contributed by atoms with Crippen LogP contribution >= 0.6 is 12.0 Å². The van der Waals surface area contributed by atoms with Crippen LogP contribution in [-0.2, 0) is 14.3 Å². The number of allylic oxidation sites excluding steroid dienone is 1. The van der Waals surface area contributed by atoms with Gasteiger partial charge in [-0.2, -0.15) is 8.78 Å². The van der Waals surface area contributed by atoms with E-state index in [9.17, 15) is 22.8 Å². The number of hydrogen-bond acceptors (Lipinski definition) is 5. The van der Waals surface area contributed by atoms with Crippen LogP contribution in [0.2, 0.25) is 0 Å². The number of rotatable bonds is 6.